The zero-order valence-corrected chi connectivity index (χ0v) is 20.9. The summed E-state index contributed by atoms with van der Waals surface area (Å²) in [5, 5.41) is 21.3. The summed E-state index contributed by atoms with van der Waals surface area (Å²) in [7, 11) is 0. The number of aliphatic imine (C=N–C) groups is 1. The quantitative estimate of drug-likeness (QED) is 0.217. The number of non-ortho nitro benzene ring substituents is 1. The number of nitrogens with one attached hydrogen (secondary N) is 2. The van der Waals surface area contributed by atoms with Gasteiger partial charge in [-0.1, -0.05) is 45.1 Å². The van der Waals surface area contributed by atoms with Gasteiger partial charge in [0, 0.05) is 41.7 Å². The largest absolute Gasteiger partial charge is 0.324 e. The first-order valence-electron chi connectivity index (χ1n) is 11.4. The third-order valence-corrected chi connectivity index (χ3v) is 5.27. The topological polar surface area (TPSA) is 114 Å². The van der Waals surface area contributed by atoms with Crippen LogP contribution in [0.1, 0.15) is 39.0 Å². The molecular weight excluding hydrogens is 456 g/mol. The molecule has 0 radical (unpaired) electrons. The van der Waals surface area contributed by atoms with Crippen LogP contribution in [-0.4, -0.2) is 26.9 Å². The fourth-order valence-electron chi connectivity index (χ4n) is 3.35. The minimum Gasteiger partial charge on any atom is -0.308 e. The van der Waals surface area contributed by atoms with Crippen molar-refractivity contribution in [1.82, 2.24) is 9.78 Å². The number of benzene rings is 2. The number of carbonyl (C=O) groups is 1. The molecule has 186 valence electrons. The molecule has 9 nitrogen and oxygen atoms in total. The van der Waals surface area contributed by atoms with E-state index in [1.165, 1.54) is 18.3 Å². The lowest BCUT2D eigenvalue weighted by molar-refractivity contribution is -0.384. The number of hydrogen-bond donors (Lipinski definition) is 2. The lowest BCUT2D eigenvalue weighted by atomic mass is 9.92. The molecule has 2 aromatic carbocycles. The molecule has 0 fully saturated rings. The monoisotopic (exact) mass is 486 g/mol. The molecule has 0 bridgehead atoms. The molecule has 3 rings (SSSR count). The smallest absolute Gasteiger partial charge is 0.308 e. The predicted molar refractivity (Wildman–Crippen MR) is 144 cm³/mol. The molecule has 2 amide bonds. The van der Waals surface area contributed by atoms with E-state index < -0.39 is 11.0 Å². The number of nitro groups is 1. The fourth-order valence-corrected chi connectivity index (χ4v) is 3.35. The standard InChI is InChI=1S/C27H30N6O3/c1-6-28-16-15-19(2)17-20-7-9-21(10-8-20)29-26(34)30-25-18-24(27(3,4)5)31-32(25)22-11-13-23(14-12-22)33(35)36/h6-16,18H,1,17H2,2-5H3,(H2,29,30,34)/b19-15+,28-16?. The molecule has 1 heterocycles. The number of carbonyl (C=O) groups excluding carboxylic acids is 1. The van der Waals surface area contributed by atoms with Crippen molar-refractivity contribution < 1.29 is 9.72 Å². The van der Waals surface area contributed by atoms with Gasteiger partial charge in [0.2, 0.25) is 0 Å². The molecular formula is C27H30N6O3. The van der Waals surface area contributed by atoms with Gasteiger partial charge >= 0.3 is 6.03 Å². The van der Waals surface area contributed by atoms with Gasteiger partial charge in [-0.25, -0.2) is 9.48 Å². The van der Waals surface area contributed by atoms with E-state index in [1.54, 1.807) is 29.1 Å². The number of rotatable bonds is 8. The Labute approximate surface area is 210 Å². The van der Waals surface area contributed by atoms with Crippen LogP contribution in [0.25, 0.3) is 5.69 Å². The van der Waals surface area contributed by atoms with Crippen molar-refractivity contribution >= 4 is 29.4 Å². The van der Waals surface area contributed by atoms with Crippen LogP contribution in [0.3, 0.4) is 0 Å². The van der Waals surface area contributed by atoms with E-state index in [4.69, 9.17) is 0 Å². The number of amides is 2. The summed E-state index contributed by atoms with van der Waals surface area (Å²) in [4.78, 5) is 27.3. The molecule has 0 saturated carbocycles. The van der Waals surface area contributed by atoms with E-state index in [2.05, 4.69) is 27.3 Å². The van der Waals surface area contributed by atoms with Crippen molar-refractivity contribution in [3.05, 3.63) is 100 Å². The molecule has 0 unspecified atom stereocenters. The minimum atomic E-state index is -0.458. The van der Waals surface area contributed by atoms with Gasteiger partial charge in [0.15, 0.2) is 0 Å². The summed E-state index contributed by atoms with van der Waals surface area (Å²) in [6, 6.07) is 15.0. The Hall–Kier alpha value is -4.53. The molecule has 0 atom stereocenters. The van der Waals surface area contributed by atoms with E-state index in [9.17, 15) is 14.9 Å². The number of anilines is 2. The van der Waals surface area contributed by atoms with E-state index in [0.717, 1.165) is 23.3 Å². The van der Waals surface area contributed by atoms with E-state index in [1.807, 2.05) is 58.0 Å². The summed E-state index contributed by atoms with van der Waals surface area (Å²) < 4.78 is 1.57. The Morgan fingerprint density at radius 2 is 1.81 bits per heavy atom. The van der Waals surface area contributed by atoms with E-state index in [0.29, 0.717) is 17.2 Å². The predicted octanol–water partition coefficient (Wildman–Crippen LogP) is 6.43. The maximum Gasteiger partial charge on any atom is 0.324 e. The van der Waals surface area contributed by atoms with Crippen molar-refractivity contribution in [3.8, 4) is 5.69 Å². The number of urea groups is 1. The van der Waals surface area contributed by atoms with Gasteiger partial charge in [-0.05, 0) is 49.2 Å². The van der Waals surface area contributed by atoms with E-state index in [-0.39, 0.29) is 11.1 Å². The second kappa shape index (κ2) is 11.3. The summed E-state index contributed by atoms with van der Waals surface area (Å²) >= 11 is 0. The first-order chi connectivity index (χ1) is 17.1. The summed E-state index contributed by atoms with van der Waals surface area (Å²) in [5.74, 6) is 0.449. The fraction of sp³-hybridized carbons (Fsp3) is 0.222. The van der Waals surface area contributed by atoms with E-state index >= 15 is 0 Å². The van der Waals surface area contributed by atoms with Crippen LogP contribution in [0.15, 0.2) is 84.0 Å². The molecule has 0 aliphatic heterocycles. The van der Waals surface area contributed by atoms with Gasteiger partial charge in [-0.15, -0.1) is 0 Å². The van der Waals surface area contributed by atoms with Gasteiger partial charge in [0.05, 0.1) is 16.3 Å². The Balaban J connectivity index is 1.75. The number of hydrogen-bond acceptors (Lipinski definition) is 5. The van der Waals surface area contributed by atoms with Crippen molar-refractivity contribution in [2.45, 2.75) is 39.5 Å². The Bertz CT molecular complexity index is 1300. The maximum absolute atomic E-state index is 12.8. The highest BCUT2D eigenvalue weighted by molar-refractivity contribution is 5.99. The highest BCUT2D eigenvalue weighted by Gasteiger charge is 2.22. The van der Waals surface area contributed by atoms with Crippen LogP contribution in [0, 0.1) is 10.1 Å². The van der Waals surface area contributed by atoms with Crippen LogP contribution in [0.2, 0.25) is 0 Å². The summed E-state index contributed by atoms with van der Waals surface area (Å²) in [5.41, 5.74) is 3.97. The average Bonchev–Trinajstić information content (AvgIpc) is 3.25. The van der Waals surface area contributed by atoms with Gasteiger partial charge in [0.25, 0.3) is 5.69 Å². The average molecular weight is 487 g/mol. The Morgan fingerprint density at radius 1 is 1.14 bits per heavy atom. The lowest BCUT2D eigenvalue weighted by Crippen LogP contribution is -2.21. The lowest BCUT2D eigenvalue weighted by Gasteiger charge is -2.14. The summed E-state index contributed by atoms with van der Waals surface area (Å²) in [6.07, 6.45) is 5.88. The minimum absolute atomic E-state index is 0.0202. The van der Waals surface area contributed by atoms with Crippen LogP contribution >= 0.6 is 0 Å². The molecule has 2 N–H and O–H groups in total. The number of nitrogens with zero attached hydrogens (tertiary/aromatic N) is 4. The van der Waals surface area contributed by atoms with Gasteiger partial charge in [0.1, 0.15) is 5.82 Å². The number of nitro benzene ring substituents is 1. The van der Waals surface area contributed by atoms with Crippen molar-refractivity contribution in [2.75, 3.05) is 10.6 Å². The van der Waals surface area contributed by atoms with Crippen molar-refractivity contribution in [3.63, 3.8) is 0 Å². The maximum atomic E-state index is 12.8. The van der Waals surface area contributed by atoms with Gasteiger partial charge < -0.3 is 5.32 Å². The first-order valence-corrected chi connectivity index (χ1v) is 11.4. The molecule has 0 aliphatic rings. The molecule has 1 aromatic heterocycles. The van der Waals surface area contributed by atoms with Crippen LogP contribution in [0.4, 0.5) is 22.0 Å². The molecule has 3 aromatic rings. The van der Waals surface area contributed by atoms with Crippen LogP contribution < -0.4 is 10.6 Å². The van der Waals surface area contributed by atoms with Crippen LogP contribution in [-0.2, 0) is 11.8 Å². The van der Waals surface area contributed by atoms with Crippen molar-refractivity contribution in [1.29, 1.82) is 0 Å². The molecule has 36 heavy (non-hydrogen) atoms. The zero-order valence-electron chi connectivity index (χ0n) is 20.9. The molecule has 0 spiro atoms. The molecule has 9 heteroatoms. The normalized spacial score (nSPS) is 11.9. The SMILES string of the molecule is C=CN=C/C=C(\C)Cc1ccc(NC(=O)Nc2cc(C(C)(C)C)nn2-c2ccc([N+](=O)[O-])cc2)cc1. The second-order valence-corrected chi connectivity index (χ2v) is 9.30. The highest BCUT2D eigenvalue weighted by atomic mass is 16.6. The Kier molecular flexibility index (Phi) is 8.16. The highest BCUT2D eigenvalue weighted by Crippen LogP contribution is 2.27. The summed E-state index contributed by atoms with van der Waals surface area (Å²) in [6.45, 7) is 11.6. The van der Waals surface area contributed by atoms with Gasteiger partial charge in [-0.2, -0.15) is 5.10 Å². The second-order valence-electron chi connectivity index (χ2n) is 9.30. The van der Waals surface area contributed by atoms with Gasteiger partial charge in [-0.3, -0.25) is 20.4 Å². The number of allylic oxidation sites excluding steroid dienone is 2. The number of aromatic nitrogens is 2. The zero-order chi connectivity index (χ0) is 26.3. The molecule has 0 saturated heterocycles. The first kappa shape index (κ1) is 26.1. The third kappa shape index (κ3) is 6.99. The van der Waals surface area contributed by atoms with Crippen LogP contribution in [0.5, 0.6) is 0 Å². The molecule has 0 aliphatic carbocycles. The van der Waals surface area contributed by atoms with Crippen molar-refractivity contribution in [2.24, 2.45) is 4.99 Å². The Morgan fingerprint density at radius 3 is 2.39 bits per heavy atom. The third-order valence-electron chi connectivity index (χ3n) is 5.27.